The fraction of sp³-hybridized carbons (Fsp3) is 0.0345. The van der Waals surface area contributed by atoms with Gasteiger partial charge in [0.25, 0.3) is 5.91 Å². The third-order valence-electron chi connectivity index (χ3n) is 5.56. The maximum absolute atomic E-state index is 13.6. The van der Waals surface area contributed by atoms with Crippen LogP contribution in [-0.4, -0.2) is 11.1 Å². The first-order valence-electron chi connectivity index (χ1n) is 11.5. The number of benzene rings is 4. The molecule has 39 heavy (non-hydrogen) atoms. The molecule has 1 fully saturated rings. The lowest BCUT2D eigenvalue weighted by Crippen LogP contribution is -2.28. The number of amides is 1. The van der Waals surface area contributed by atoms with Crippen LogP contribution < -0.4 is 9.64 Å². The SMILES string of the molecule is O=C1/C(=C/c2cc(Br)c(OCc3ccc(Cl)cc3)c(Br)c2)SC(=Nc2ccc(Cl)cc2)N1c1ccc(Cl)cc1. The van der Waals surface area contributed by atoms with E-state index in [1.807, 2.05) is 42.5 Å². The van der Waals surface area contributed by atoms with Crippen molar-refractivity contribution < 1.29 is 9.53 Å². The third kappa shape index (κ3) is 6.91. The number of carbonyl (C=O) groups excluding carboxylic acids is 1. The fourth-order valence-corrected chi connectivity index (χ4v) is 6.51. The number of nitrogens with zero attached hydrogens (tertiary/aromatic N) is 2. The second-order valence-corrected chi connectivity index (χ2v) is 12.4. The van der Waals surface area contributed by atoms with E-state index in [4.69, 9.17) is 44.5 Å². The Morgan fingerprint density at radius 3 is 1.95 bits per heavy atom. The number of rotatable bonds is 6. The molecule has 4 aromatic carbocycles. The van der Waals surface area contributed by atoms with Crippen LogP contribution in [0.1, 0.15) is 11.1 Å². The first-order valence-corrected chi connectivity index (χ1v) is 15.0. The molecule has 0 aliphatic carbocycles. The third-order valence-corrected chi connectivity index (χ3v) is 8.46. The summed E-state index contributed by atoms with van der Waals surface area (Å²) in [7, 11) is 0. The van der Waals surface area contributed by atoms with Crippen LogP contribution in [0.4, 0.5) is 11.4 Å². The monoisotopic (exact) mass is 720 g/mol. The van der Waals surface area contributed by atoms with Crippen molar-refractivity contribution in [3.8, 4) is 5.75 Å². The van der Waals surface area contributed by atoms with Crippen molar-refractivity contribution in [1.82, 2.24) is 0 Å². The van der Waals surface area contributed by atoms with Crippen LogP contribution in [0.25, 0.3) is 6.08 Å². The summed E-state index contributed by atoms with van der Waals surface area (Å²) in [5.74, 6) is 0.468. The molecule has 1 aliphatic heterocycles. The smallest absolute Gasteiger partial charge is 0.271 e. The standard InChI is InChI=1S/C29H17Br2Cl3N2O2S/c30-24-13-18(14-25(31)27(24)38-16-17-1-3-19(32)4-2-17)15-26-28(37)36(23-11-7-21(34)8-12-23)29(39-26)35-22-9-5-20(33)6-10-22/h1-15H,16H2/b26-15-,35-29?. The molecule has 0 N–H and O–H groups in total. The summed E-state index contributed by atoms with van der Waals surface area (Å²) >= 11 is 26.6. The van der Waals surface area contributed by atoms with Crippen molar-refractivity contribution in [1.29, 1.82) is 0 Å². The van der Waals surface area contributed by atoms with Gasteiger partial charge in [0, 0.05) is 15.1 Å². The molecule has 1 aliphatic rings. The normalized spacial score (nSPS) is 15.4. The van der Waals surface area contributed by atoms with E-state index >= 15 is 0 Å². The molecule has 1 amide bonds. The number of ether oxygens (including phenoxy) is 1. The number of aliphatic imine (C=N–C) groups is 1. The van der Waals surface area contributed by atoms with Crippen LogP contribution in [0, 0.1) is 0 Å². The molecule has 5 rings (SSSR count). The maximum Gasteiger partial charge on any atom is 0.271 e. The van der Waals surface area contributed by atoms with Crippen LogP contribution in [-0.2, 0) is 11.4 Å². The van der Waals surface area contributed by atoms with Crippen LogP contribution in [0.2, 0.25) is 15.1 Å². The van der Waals surface area contributed by atoms with Crippen LogP contribution in [0.5, 0.6) is 5.75 Å². The Labute approximate surface area is 261 Å². The highest BCUT2D eigenvalue weighted by atomic mass is 79.9. The molecule has 196 valence electrons. The number of halogens is 5. The van der Waals surface area contributed by atoms with Gasteiger partial charge in [0.15, 0.2) is 5.17 Å². The van der Waals surface area contributed by atoms with Gasteiger partial charge in [0.2, 0.25) is 0 Å². The van der Waals surface area contributed by atoms with E-state index in [1.54, 1.807) is 53.4 Å². The molecule has 0 aromatic heterocycles. The summed E-state index contributed by atoms with van der Waals surface area (Å²) in [6.07, 6.45) is 1.83. The molecule has 0 saturated carbocycles. The predicted molar refractivity (Wildman–Crippen MR) is 171 cm³/mol. The topological polar surface area (TPSA) is 41.9 Å². The second kappa shape index (κ2) is 12.5. The van der Waals surface area contributed by atoms with Crippen molar-refractivity contribution in [2.45, 2.75) is 6.61 Å². The van der Waals surface area contributed by atoms with Crippen molar-refractivity contribution in [3.63, 3.8) is 0 Å². The maximum atomic E-state index is 13.6. The quantitative estimate of drug-likeness (QED) is 0.186. The zero-order chi connectivity index (χ0) is 27.5. The summed E-state index contributed by atoms with van der Waals surface area (Å²) in [4.78, 5) is 20.4. The molecule has 4 aromatic rings. The van der Waals surface area contributed by atoms with E-state index in [0.717, 1.165) is 20.1 Å². The summed E-state index contributed by atoms with van der Waals surface area (Å²) in [5.41, 5.74) is 3.16. The molecule has 4 nitrogen and oxygen atoms in total. The van der Waals surface area contributed by atoms with Crippen molar-refractivity contribution in [3.05, 3.63) is 125 Å². The summed E-state index contributed by atoms with van der Waals surface area (Å²) in [6.45, 7) is 0.379. The molecule has 0 atom stereocenters. The van der Waals surface area contributed by atoms with Gasteiger partial charge in [-0.05, 0) is 134 Å². The first kappa shape index (κ1) is 28.3. The molecule has 1 heterocycles. The van der Waals surface area contributed by atoms with Crippen molar-refractivity contribution >= 4 is 107 Å². The van der Waals surface area contributed by atoms with E-state index in [2.05, 4.69) is 31.9 Å². The highest BCUT2D eigenvalue weighted by molar-refractivity contribution is 9.11. The first-order chi connectivity index (χ1) is 18.8. The number of carbonyl (C=O) groups is 1. The van der Waals surface area contributed by atoms with Gasteiger partial charge in [-0.3, -0.25) is 9.69 Å². The Hall–Kier alpha value is -2.26. The van der Waals surface area contributed by atoms with Gasteiger partial charge in [-0.15, -0.1) is 0 Å². The molecule has 0 radical (unpaired) electrons. The minimum absolute atomic E-state index is 0.189. The average Bonchev–Trinajstić information content (AvgIpc) is 3.20. The number of thioether (sulfide) groups is 1. The van der Waals surface area contributed by atoms with Gasteiger partial charge in [-0.1, -0.05) is 46.9 Å². The lowest BCUT2D eigenvalue weighted by Gasteiger charge is -2.15. The number of hydrogen-bond donors (Lipinski definition) is 0. The molecular weight excluding hydrogens is 707 g/mol. The molecular formula is C29H17Br2Cl3N2O2S. The Balaban J connectivity index is 1.44. The van der Waals surface area contributed by atoms with E-state index in [0.29, 0.717) is 48.9 Å². The Bertz CT molecular complexity index is 1570. The summed E-state index contributed by atoms with van der Waals surface area (Å²) in [6, 6.07) is 25.5. The van der Waals surface area contributed by atoms with Crippen molar-refractivity contribution in [2.75, 3.05) is 4.90 Å². The molecule has 10 heteroatoms. The van der Waals surface area contributed by atoms with Gasteiger partial charge in [-0.25, -0.2) is 4.99 Å². The largest absolute Gasteiger partial charge is 0.487 e. The molecule has 0 bridgehead atoms. The summed E-state index contributed by atoms with van der Waals surface area (Å²) < 4.78 is 7.53. The number of anilines is 1. The highest BCUT2D eigenvalue weighted by Crippen LogP contribution is 2.40. The van der Waals surface area contributed by atoms with E-state index in [1.165, 1.54) is 11.8 Å². The number of hydrogen-bond acceptors (Lipinski definition) is 4. The van der Waals surface area contributed by atoms with E-state index in [-0.39, 0.29) is 5.91 Å². The fourth-order valence-electron chi connectivity index (χ4n) is 3.68. The minimum atomic E-state index is -0.189. The van der Waals surface area contributed by atoms with E-state index < -0.39 is 0 Å². The van der Waals surface area contributed by atoms with E-state index in [9.17, 15) is 4.79 Å². The predicted octanol–water partition coefficient (Wildman–Crippen LogP) is 10.6. The van der Waals surface area contributed by atoms with Gasteiger partial charge in [0.05, 0.1) is 25.2 Å². The Kier molecular flexibility index (Phi) is 9.06. The van der Waals surface area contributed by atoms with Gasteiger partial charge in [0.1, 0.15) is 12.4 Å². The van der Waals surface area contributed by atoms with Crippen LogP contribution in [0.3, 0.4) is 0 Å². The highest BCUT2D eigenvalue weighted by Gasteiger charge is 2.35. The number of amidine groups is 1. The average molecular weight is 724 g/mol. The van der Waals surface area contributed by atoms with Crippen LogP contribution >= 0.6 is 78.4 Å². The second-order valence-electron chi connectivity index (χ2n) is 8.33. The van der Waals surface area contributed by atoms with Gasteiger partial charge in [-0.2, -0.15) is 0 Å². The lowest BCUT2D eigenvalue weighted by atomic mass is 10.2. The molecule has 0 spiro atoms. The Morgan fingerprint density at radius 2 is 1.36 bits per heavy atom. The zero-order valence-electron chi connectivity index (χ0n) is 19.9. The van der Waals surface area contributed by atoms with Gasteiger partial charge >= 0.3 is 0 Å². The van der Waals surface area contributed by atoms with Gasteiger partial charge < -0.3 is 4.74 Å². The minimum Gasteiger partial charge on any atom is -0.487 e. The van der Waals surface area contributed by atoms with Crippen LogP contribution in [0.15, 0.2) is 104 Å². The lowest BCUT2D eigenvalue weighted by molar-refractivity contribution is -0.113. The molecule has 1 saturated heterocycles. The summed E-state index contributed by atoms with van der Waals surface area (Å²) in [5, 5.41) is 2.39. The Morgan fingerprint density at radius 1 is 0.821 bits per heavy atom. The zero-order valence-corrected chi connectivity index (χ0v) is 26.1. The molecule has 0 unspecified atom stereocenters. The van der Waals surface area contributed by atoms with Crippen molar-refractivity contribution in [2.24, 2.45) is 4.99 Å².